The lowest BCUT2D eigenvalue weighted by Gasteiger charge is -2.13. The van der Waals surface area contributed by atoms with Crippen LogP contribution in [0.2, 0.25) is 5.02 Å². The number of furan rings is 1. The number of nitrogens with one attached hydrogen (secondary N) is 1. The highest BCUT2D eigenvalue weighted by atomic mass is 35.5. The minimum Gasteiger partial charge on any atom is -0.493 e. The zero-order valence-corrected chi connectivity index (χ0v) is 16.5. The van der Waals surface area contributed by atoms with Gasteiger partial charge in [-0.15, -0.1) is 0 Å². The zero-order chi connectivity index (χ0) is 20.5. The van der Waals surface area contributed by atoms with Crippen molar-refractivity contribution in [3.8, 4) is 23.0 Å². The molecular weight excluding hydrogens is 398 g/mol. The molecule has 0 bridgehead atoms. The third-order valence-corrected chi connectivity index (χ3v) is 4.67. The second-order valence-corrected chi connectivity index (χ2v) is 6.53. The van der Waals surface area contributed by atoms with Crippen LogP contribution in [0.5, 0.6) is 11.5 Å². The van der Waals surface area contributed by atoms with Crippen molar-refractivity contribution in [2.24, 2.45) is 0 Å². The average molecular weight is 414 g/mol. The highest BCUT2D eigenvalue weighted by molar-refractivity contribution is 6.34. The average Bonchev–Trinajstić information content (AvgIpc) is 3.39. The summed E-state index contributed by atoms with van der Waals surface area (Å²) in [6.07, 6.45) is 1.52. The Morgan fingerprint density at radius 3 is 2.62 bits per heavy atom. The summed E-state index contributed by atoms with van der Waals surface area (Å²) < 4.78 is 21.2. The first-order valence-corrected chi connectivity index (χ1v) is 8.93. The molecule has 1 amide bonds. The van der Waals surface area contributed by atoms with Crippen molar-refractivity contribution in [3.05, 3.63) is 52.9 Å². The van der Waals surface area contributed by atoms with Crippen LogP contribution in [-0.2, 0) is 0 Å². The molecule has 4 rings (SSSR count). The number of carbonyl (C=O) groups is 1. The molecule has 1 aromatic carbocycles. The second-order valence-electron chi connectivity index (χ2n) is 6.12. The molecule has 148 valence electrons. The predicted molar refractivity (Wildman–Crippen MR) is 107 cm³/mol. The highest BCUT2D eigenvalue weighted by Crippen LogP contribution is 2.36. The van der Waals surface area contributed by atoms with Crippen LogP contribution >= 0.6 is 11.6 Å². The smallest absolute Gasteiger partial charge is 0.259 e. The summed E-state index contributed by atoms with van der Waals surface area (Å²) in [4.78, 5) is 17.5. The van der Waals surface area contributed by atoms with Crippen LogP contribution in [0.15, 0.2) is 45.5 Å². The van der Waals surface area contributed by atoms with Crippen molar-refractivity contribution in [1.82, 2.24) is 10.1 Å². The quantitative estimate of drug-likeness (QED) is 0.505. The maximum absolute atomic E-state index is 13.1. The number of halogens is 1. The number of benzene rings is 1. The van der Waals surface area contributed by atoms with Gasteiger partial charge in [-0.3, -0.25) is 4.79 Å². The lowest BCUT2D eigenvalue weighted by Crippen LogP contribution is -2.13. The number of rotatable bonds is 5. The molecule has 0 saturated carbocycles. The Bertz CT molecular complexity index is 1200. The fraction of sp³-hybridized carbons (Fsp3) is 0.150. The van der Waals surface area contributed by atoms with Crippen molar-refractivity contribution in [1.29, 1.82) is 0 Å². The molecule has 0 aliphatic rings. The van der Waals surface area contributed by atoms with Crippen LogP contribution in [-0.4, -0.2) is 30.3 Å². The summed E-state index contributed by atoms with van der Waals surface area (Å²) in [7, 11) is 3.00. The molecule has 1 N–H and O–H groups in total. The van der Waals surface area contributed by atoms with E-state index in [1.165, 1.54) is 20.5 Å². The summed E-state index contributed by atoms with van der Waals surface area (Å²) in [6, 6.07) is 8.25. The standard InChI is InChI=1S/C20H16ClN3O5/c1-10-18-11(7-14(15-5-4-6-28-15)23-20(18)29-24-10)19(25)22-13-9-17(27-3)16(26-2)8-12(13)21/h4-9H,1-3H3,(H,22,25). The predicted octanol–water partition coefficient (Wildman–Crippen LogP) is 4.71. The number of pyridine rings is 1. The van der Waals surface area contributed by atoms with E-state index in [2.05, 4.69) is 15.5 Å². The van der Waals surface area contributed by atoms with E-state index in [1.54, 1.807) is 37.3 Å². The van der Waals surface area contributed by atoms with Crippen molar-refractivity contribution < 1.29 is 23.2 Å². The third kappa shape index (κ3) is 3.38. The van der Waals surface area contributed by atoms with Gasteiger partial charge in [0.1, 0.15) is 5.69 Å². The minimum absolute atomic E-state index is 0.236. The number of aryl methyl sites for hydroxylation is 1. The van der Waals surface area contributed by atoms with Gasteiger partial charge in [0.2, 0.25) is 0 Å². The Kier molecular flexibility index (Phi) is 4.85. The molecule has 0 aliphatic heterocycles. The van der Waals surface area contributed by atoms with E-state index < -0.39 is 5.91 Å². The van der Waals surface area contributed by atoms with Gasteiger partial charge < -0.3 is 23.7 Å². The molecule has 0 spiro atoms. The van der Waals surface area contributed by atoms with Crippen LogP contribution in [0, 0.1) is 6.92 Å². The summed E-state index contributed by atoms with van der Waals surface area (Å²) >= 11 is 6.30. The van der Waals surface area contributed by atoms with Gasteiger partial charge in [-0.25, -0.2) is 4.98 Å². The number of carbonyl (C=O) groups excluding carboxylic acids is 1. The Balaban J connectivity index is 1.78. The first kappa shape index (κ1) is 18.8. The summed E-state index contributed by atoms with van der Waals surface area (Å²) in [5, 5.41) is 7.53. The Labute approximate surface area is 170 Å². The van der Waals surface area contributed by atoms with Crippen molar-refractivity contribution >= 4 is 34.3 Å². The third-order valence-electron chi connectivity index (χ3n) is 4.36. The van der Waals surface area contributed by atoms with E-state index in [9.17, 15) is 4.79 Å². The molecular formula is C20H16ClN3O5. The number of nitrogens with zero attached hydrogens (tertiary/aromatic N) is 2. The topological polar surface area (TPSA) is 99.6 Å². The number of fused-ring (bicyclic) bond motifs is 1. The molecule has 8 nitrogen and oxygen atoms in total. The molecule has 3 heterocycles. The molecule has 0 radical (unpaired) electrons. The van der Waals surface area contributed by atoms with Crippen molar-refractivity contribution in [2.45, 2.75) is 6.92 Å². The lowest BCUT2D eigenvalue weighted by atomic mass is 10.1. The largest absolute Gasteiger partial charge is 0.493 e. The minimum atomic E-state index is -0.411. The van der Waals surface area contributed by atoms with Crippen LogP contribution in [0.4, 0.5) is 5.69 Å². The number of anilines is 1. The summed E-state index contributed by atoms with van der Waals surface area (Å²) in [5.74, 6) is 0.978. The maximum Gasteiger partial charge on any atom is 0.259 e. The SMILES string of the molecule is COc1cc(Cl)c(NC(=O)c2cc(-c3ccco3)nc3onc(C)c23)cc1OC. The van der Waals surface area contributed by atoms with E-state index in [0.717, 1.165) is 0 Å². The van der Waals surface area contributed by atoms with Crippen molar-refractivity contribution in [2.75, 3.05) is 19.5 Å². The van der Waals surface area contributed by atoms with Crippen LogP contribution in [0.25, 0.3) is 22.6 Å². The molecule has 3 aromatic heterocycles. The molecule has 0 fully saturated rings. The molecule has 9 heteroatoms. The van der Waals surface area contributed by atoms with Gasteiger partial charge in [0.25, 0.3) is 11.6 Å². The normalized spacial score (nSPS) is 10.9. The number of aromatic nitrogens is 2. The molecule has 0 aliphatic carbocycles. The monoisotopic (exact) mass is 413 g/mol. The fourth-order valence-corrected chi connectivity index (χ4v) is 3.16. The lowest BCUT2D eigenvalue weighted by molar-refractivity contribution is 0.102. The molecule has 0 atom stereocenters. The number of methoxy groups -OCH3 is 2. The van der Waals surface area contributed by atoms with Gasteiger partial charge in [0, 0.05) is 12.1 Å². The van der Waals surface area contributed by atoms with Gasteiger partial charge in [-0.05, 0) is 25.1 Å². The first-order valence-electron chi connectivity index (χ1n) is 8.55. The summed E-state index contributed by atoms with van der Waals surface area (Å²) in [5.41, 5.74) is 1.92. The summed E-state index contributed by atoms with van der Waals surface area (Å²) in [6.45, 7) is 1.74. The van der Waals surface area contributed by atoms with Crippen LogP contribution < -0.4 is 14.8 Å². The maximum atomic E-state index is 13.1. The van der Waals surface area contributed by atoms with Gasteiger partial charge in [0.05, 0.1) is 47.8 Å². The molecule has 0 saturated heterocycles. The number of hydrogen-bond acceptors (Lipinski definition) is 7. The van der Waals surface area contributed by atoms with Crippen LogP contribution in [0.3, 0.4) is 0 Å². The van der Waals surface area contributed by atoms with Crippen LogP contribution in [0.1, 0.15) is 16.1 Å². The highest BCUT2D eigenvalue weighted by Gasteiger charge is 2.21. The molecule has 0 unspecified atom stereocenters. The second kappa shape index (κ2) is 7.48. The number of hydrogen-bond donors (Lipinski definition) is 1. The van der Waals surface area contributed by atoms with E-state index in [1.807, 2.05) is 0 Å². The van der Waals surface area contributed by atoms with E-state index in [4.69, 9.17) is 30.0 Å². The van der Waals surface area contributed by atoms with Gasteiger partial charge in [0.15, 0.2) is 17.3 Å². The van der Waals surface area contributed by atoms with E-state index >= 15 is 0 Å². The Morgan fingerprint density at radius 1 is 1.17 bits per heavy atom. The fourth-order valence-electron chi connectivity index (χ4n) is 2.96. The molecule has 29 heavy (non-hydrogen) atoms. The van der Waals surface area contributed by atoms with Gasteiger partial charge in [-0.1, -0.05) is 16.8 Å². The van der Waals surface area contributed by atoms with E-state index in [-0.39, 0.29) is 5.71 Å². The van der Waals surface area contributed by atoms with Gasteiger partial charge in [-0.2, -0.15) is 0 Å². The number of ether oxygens (including phenoxy) is 2. The Hall–Kier alpha value is -3.52. The van der Waals surface area contributed by atoms with Gasteiger partial charge >= 0.3 is 0 Å². The Morgan fingerprint density at radius 2 is 1.93 bits per heavy atom. The first-order chi connectivity index (χ1) is 14.0. The zero-order valence-electron chi connectivity index (χ0n) is 15.8. The number of amides is 1. The molecule has 4 aromatic rings. The van der Waals surface area contributed by atoms with E-state index in [0.29, 0.717) is 50.3 Å². The van der Waals surface area contributed by atoms with Crippen molar-refractivity contribution in [3.63, 3.8) is 0 Å².